The van der Waals surface area contributed by atoms with Crippen LogP contribution in [0, 0.1) is 0 Å². The van der Waals surface area contributed by atoms with Crippen LogP contribution in [0.2, 0.25) is 0 Å². The van der Waals surface area contributed by atoms with Crippen molar-refractivity contribution in [1.82, 2.24) is 5.32 Å². The molecule has 0 aliphatic heterocycles. The largest absolute Gasteiger partial charge is 0.491 e. The maximum Gasteiger partial charge on any atom is 0.220 e. The average molecular weight is 278 g/mol. The number of nitrogen functional groups attached to an aromatic ring is 1. The molecule has 0 radical (unpaired) electrons. The first-order chi connectivity index (χ1) is 9.56. The molecule has 20 heavy (non-hydrogen) atoms. The van der Waals surface area contributed by atoms with Crippen molar-refractivity contribution >= 4 is 11.6 Å². The summed E-state index contributed by atoms with van der Waals surface area (Å²) >= 11 is 0. The van der Waals surface area contributed by atoms with Crippen LogP contribution in [0.15, 0.2) is 18.2 Å². The first-order valence-electron chi connectivity index (χ1n) is 7.37. The summed E-state index contributed by atoms with van der Waals surface area (Å²) < 4.78 is 5.53. The number of amides is 1. The number of anilines is 1. The van der Waals surface area contributed by atoms with Crippen molar-refractivity contribution in [3.8, 4) is 5.75 Å². The molecule has 0 saturated carbocycles. The van der Waals surface area contributed by atoms with Crippen LogP contribution in [0.4, 0.5) is 5.69 Å². The number of hydrogen-bond acceptors (Lipinski definition) is 3. The van der Waals surface area contributed by atoms with Crippen molar-refractivity contribution in [2.75, 3.05) is 12.3 Å². The van der Waals surface area contributed by atoms with Crippen molar-refractivity contribution in [2.45, 2.75) is 52.5 Å². The van der Waals surface area contributed by atoms with Crippen LogP contribution in [-0.4, -0.2) is 18.6 Å². The molecule has 0 aromatic heterocycles. The van der Waals surface area contributed by atoms with E-state index in [9.17, 15) is 4.79 Å². The zero-order chi connectivity index (χ0) is 15.0. The molecule has 4 heteroatoms. The van der Waals surface area contributed by atoms with Crippen LogP contribution < -0.4 is 15.8 Å². The number of carbonyl (C=O) groups is 1. The van der Waals surface area contributed by atoms with Crippen molar-refractivity contribution in [3.05, 3.63) is 23.8 Å². The lowest BCUT2D eigenvalue weighted by atomic mass is 10.1. The Balaban J connectivity index is 2.48. The molecule has 1 aromatic carbocycles. The second-order valence-electron chi connectivity index (χ2n) is 5.10. The lowest BCUT2D eigenvalue weighted by Gasteiger charge is -2.12. The van der Waals surface area contributed by atoms with Gasteiger partial charge in [-0.25, -0.2) is 0 Å². The SMILES string of the molecule is CCCOc1ccc(CCC(=O)NC(C)CC)cc1N. The van der Waals surface area contributed by atoms with Crippen molar-refractivity contribution in [3.63, 3.8) is 0 Å². The highest BCUT2D eigenvalue weighted by Crippen LogP contribution is 2.23. The van der Waals surface area contributed by atoms with E-state index >= 15 is 0 Å². The van der Waals surface area contributed by atoms with E-state index in [1.165, 1.54) is 0 Å². The summed E-state index contributed by atoms with van der Waals surface area (Å²) in [6.07, 6.45) is 3.08. The Morgan fingerprint density at radius 3 is 2.75 bits per heavy atom. The van der Waals surface area contributed by atoms with Crippen LogP contribution in [0.5, 0.6) is 5.75 Å². The topological polar surface area (TPSA) is 64.3 Å². The number of rotatable bonds is 8. The van der Waals surface area contributed by atoms with E-state index in [1.807, 2.05) is 25.1 Å². The van der Waals surface area contributed by atoms with Gasteiger partial charge < -0.3 is 15.8 Å². The molecule has 1 amide bonds. The Labute approximate surface area is 121 Å². The maximum absolute atomic E-state index is 11.7. The second-order valence-corrected chi connectivity index (χ2v) is 5.10. The first kappa shape index (κ1) is 16.3. The molecule has 3 N–H and O–H groups in total. The number of hydrogen-bond donors (Lipinski definition) is 2. The summed E-state index contributed by atoms with van der Waals surface area (Å²) in [6.45, 7) is 6.79. The predicted octanol–water partition coefficient (Wildman–Crippen LogP) is 2.90. The van der Waals surface area contributed by atoms with Crippen LogP contribution in [-0.2, 0) is 11.2 Å². The lowest BCUT2D eigenvalue weighted by molar-refractivity contribution is -0.121. The number of ether oxygens (including phenoxy) is 1. The predicted molar refractivity (Wildman–Crippen MR) is 82.9 cm³/mol. The highest BCUT2D eigenvalue weighted by molar-refractivity contribution is 5.76. The fraction of sp³-hybridized carbons (Fsp3) is 0.562. The molecule has 0 saturated heterocycles. The monoisotopic (exact) mass is 278 g/mol. The van der Waals surface area contributed by atoms with Gasteiger partial charge in [0, 0.05) is 12.5 Å². The van der Waals surface area contributed by atoms with Crippen LogP contribution in [0.3, 0.4) is 0 Å². The summed E-state index contributed by atoms with van der Waals surface area (Å²) in [7, 11) is 0. The summed E-state index contributed by atoms with van der Waals surface area (Å²) in [5, 5.41) is 2.96. The molecule has 1 rings (SSSR count). The van der Waals surface area contributed by atoms with Gasteiger partial charge in [-0.3, -0.25) is 4.79 Å². The third-order valence-corrected chi connectivity index (χ3v) is 3.20. The average Bonchev–Trinajstić information content (AvgIpc) is 2.44. The van der Waals surface area contributed by atoms with Gasteiger partial charge in [0.25, 0.3) is 0 Å². The van der Waals surface area contributed by atoms with Crippen LogP contribution in [0.25, 0.3) is 0 Å². The highest BCUT2D eigenvalue weighted by atomic mass is 16.5. The van der Waals surface area contributed by atoms with Crippen molar-refractivity contribution < 1.29 is 9.53 Å². The normalized spacial score (nSPS) is 11.9. The third-order valence-electron chi connectivity index (χ3n) is 3.20. The fourth-order valence-corrected chi connectivity index (χ4v) is 1.80. The minimum absolute atomic E-state index is 0.0873. The molecular formula is C16H26N2O2. The third kappa shape index (κ3) is 5.51. The van der Waals surface area contributed by atoms with Gasteiger partial charge in [0.15, 0.2) is 0 Å². The number of carbonyl (C=O) groups excluding carboxylic acids is 1. The Morgan fingerprint density at radius 2 is 2.15 bits per heavy atom. The zero-order valence-electron chi connectivity index (χ0n) is 12.7. The zero-order valence-corrected chi connectivity index (χ0v) is 12.7. The van der Waals surface area contributed by atoms with Gasteiger partial charge in [-0.15, -0.1) is 0 Å². The van der Waals surface area contributed by atoms with E-state index in [2.05, 4.69) is 19.2 Å². The molecule has 1 atom stereocenters. The minimum atomic E-state index is 0.0873. The molecule has 0 bridgehead atoms. The van der Waals surface area contributed by atoms with E-state index in [0.29, 0.717) is 25.1 Å². The highest BCUT2D eigenvalue weighted by Gasteiger charge is 2.07. The Kier molecular flexibility index (Phi) is 6.91. The molecule has 0 fully saturated rings. The molecule has 1 aromatic rings. The van der Waals surface area contributed by atoms with Crippen LogP contribution >= 0.6 is 0 Å². The Hall–Kier alpha value is -1.71. The van der Waals surface area contributed by atoms with E-state index in [1.54, 1.807) is 0 Å². The molecular weight excluding hydrogens is 252 g/mol. The molecule has 0 aliphatic rings. The summed E-state index contributed by atoms with van der Waals surface area (Å²) in [5.41, 5.74) is 7.64. The molecule has 0 spiro atoms. The molecule has 0 heterocycles. The number of aryl methyl sites for hydroxylation is 1. The summed E-state index contributed by atoms with van der Waals surface area (Å²) in [4.78, 5) is 11.7. The van der Waals surface area contributed by atoms with E-state index in [0.717, 1.165) is 24.2 Å². The quantitative estimate of drug-likeness (QED) is 0.719. The van der Waals surface area contributed by atoms with Gasteiger partial charge in [-0.1, -0.05) is 19.9 Å². The van der Waals surface area contributed by atoms with Gasteiger partial charge in [0.05, 0.1) is 12.3 Å². The Morgan fingerprint density at radius 1 is 1.40 bits per heavy atom. The summed E-state index contributed by atoms with van der Waals surface area (Å²) in [6, 6.07) is 5.98. The number of nitrogens with two attached hydrogens (primary N) is 1. The minimum Gasteiger partial charge on any atom is -0.491 e. The number of nitrogens with one attached hydrogen (secondary N) is 1. The molecule has 0 aliphatic carbocycles. The smallest absolute Gasteiger partial charge is 0.220 e. The first-order valence-corrected chi connectivity index (χ1v) is 7.37. The van der Waals surface area contributed by atoms with Gasteiger partial charge in [-0.05, 0) is 43.9 Å². The summed E-state index contributed by atoms with van der Waals surface area (Å²) in [5.74, 6) is 0.809. The van der Waals surface area contributed by atoms with E-state index in [4.69, 9.17) is 10.5 Å². The number of benzene rings is 1. The molecule has 4 nitrogen and oxygen atoms in total. The Bertz CT molecular complexity index is 432. The van der Waals surface area contributed by atoms with Gasteiger partial charge in [0.1, 0.15) is 5.75 Å². The standard InChI is InChI=1S/C16H26N2O2/c1-4-10-20-15-8-6-13(11-14(15)17)7-9-16(19)18-12(3)5-2/h6,8,11-12H,4-5,7,9-10,17H2,1-3H3,(H,18,19). The van der Waals surface area contributed by atoms with Crippen LogP contribution in [0.1, 0.15) is 45.6 Å². The second kappa shape index (κ2) is 8.46. The van der Waals surface area contributed by atoms with Gasteiger partial charge in [0.2, 0.25) is 5.91 Å². The van der Waals surface area contributed by atoms with Gasteiger partial charge >= 0.3 is 0 Å². The van der Waals surface area contributed by atoms with Crippen molar-refractivity contribution in [2.24, 2.45) is 0 Å². The fourth-order valence-electron chi connectivity index (χ4n) is 1.80. The van der Waals surface area contributed by atoms with Gasteiger partial charge in [-0.2, -0.15) is 0 Å². The maximum atomic E-state index is 11.7. The van der Waals surface area contributed by atoms with E-state index in [-0.39, 0.29) is 11.9 Å². The van der Waals surface area contributed by atoms with E-state index < -0.39 is 0 Å². The molecule has 112 valence electrons. The lowest BCUT2D eigenvalue weighted by Crippen LogP contribution is -2.32. The molecule has 1 unspecified atom stereocenters. The van der Waals surface area contributed by atoms with Crippen molar-refractivity contribution in [1.29, 1.82) is 0 Å².